The van der Waals surface area contributed by atoms with E-state index in [1.54, 1.807) is 0 Å². The van der Waals surface area contributed by atoms with Gasteiger partial charge in [-0.25, -0.2) is 0 Å². The minimum absolute atomic E-state index is 0.0625. The normalized spacial score (nSPS) is 19.1. The largest absolute Gasteiger partial charge is 0.335 e. The number of hydrogen-bond acceptors (Lipinski definition) is 3. The van der Waals surface area contributed by atoms with Gasteiger partial charge in [0.25, 0.3) is 6.71 Å². The Morgan fingerprint density at radius 1 is 0.461 bits per heavy atom. The molecule has 1 aliphatic carbocycles. The van der Waals surface area contributed by atoms with Gasteiger partial charge in [-0.2, -0.15) is 0 Å². The number of rotatable bonds is 6. The molecular weight excluding hydrogens is 918 g/mol. The fourth-order valence-corrected chi connectivity index (χ4v) is 13.4. The van der Waals surface area contributed by atoms with Crippen LogP contribution in [0.3, 0.4) is 0 Å². The van der Waals surface area contributed by atoms with E-state index in [1.165, 1.54) is 55.6 Å². The fraction of sp³-hybridized carbons (Fsp3) is 0.333. The molecule has 8 aromatic rings. The first-order valence-corrected chi connectivity index (χ1v) is 28.2. The molecule has 3 heterocycles. The fourth-order valence-electron chi connectivity index (χ4n) is 13.4. The first-order valence-electron chi connectivity index (χ1n) is 29.2. The Kier molecular flexibility index (Phi) is 10.9. The molecule has 0 radical (unpaired) electrons. The molecule has 12 rings (SSSR count). The highest BCUT2D eigenvalue weighted by Crippen LogP contribution is 2.63. The van der Waals surface area contributed by atoms with Gasteiger partial charge < -0.3 is 14.7 Å². The Balaban J connectivity index is 1.27. The number of benzene rings is 8. The van der Waals surface area contributed by atoms with E-state index < -0.39 is 0 Å². The smallest absolute Gasteiger partial charge is 0.252 e. The molecule has 3 nitrogen and oxygen atoms in total. The van der Waals surface area contributed by atoms with Crippen molar-refractivity contribution in [2.75, 3.05) is 14.7 Å². The molecule has 0 bridgehead atoms. The van der Waals surface area contributed by atoms with Crippen LogP contribution in [0, 0.1) is 0 Å². The summed E-state index contributed by atoms with van der Waals surface area (Å²) in [6.07, 6.45) is 4.30. The van der Waals surface area contributed by atoms with E-state index in [0.29, 0.717) is 17.8 Å². The second-order valence-corrected chi connectivity index (χ2v) is 27.3. The molecule has 3 aliphatic heterocycles. The second kappa shape index (κ2) is 17.4. The van der Waals surface area contributed by atoms with Crippen molar-refractivity contribution in [1.82, 2.24) is 0 Å². The average molecular weight is 998 g/mol. The highest BCUT2D eigenvalue weighted by Gasteiger charge is 2.61. The van der Waals surface area contributed by atoms with Crippen molar-refractivity contribution in [2.24, 2.45) is 0 Å². The van der Waals surface area contributed by atoms with Crippen molar-refractivity contribution in [3.8, 4) is 22.3 Å². The van der Waals surface area contributed by atoms with E-state index in [1.807, 2.05) is 0 Å². The zero-order valence-electron chi connectivity index (χ0n) is 49.8. The minimum atomic E-state index is -0.373. The number of nitrogens with zero attached hydrogens (tertiary/aromatic N) is 3. The Morgan fingerprint density at radius 2 is 0.961 bits per heavy atom. The molecule has 1 saturated carbocycles. The lowest BCUT2D eigenvalue weighted by Crippen LogP contribution is -2.64. The van der Waals surface area contributed by atoms with E-state index in [0.717, 1.165) is 76.4 Å². The Bertz CT molecular complexity index is 3610. The topological polar surface area (TPSA) is 9.72 Å². The van der Waals surface area contributed by atoms with Crippen LogP contribution < -0.4 is 31.1 Å². The van der Waals surface area contributed by atoms with Crippen LogP contribution in [-0.2, 0) is 27.1 Å². The van der Waals surface area contributed by atoms with E-state index in [4.69, 9.17) is 0 Å². The van der Waals surface area contributed by atoms with Gasteiger partial charge in [-0.1, -0.05) is 212 Å². The molecule has 2 unspecified atom stereocenters. The lowest BCUT2D eigenvalue weighted by atomic mass is 9.33. The summed E-state index contributed by atoms with van der Waals surface area (Å²) in [5.41, 5.74) is 21.2. The third kappa shape index (κ3) is 7.90. The second-order valence-electron chi connectivity index (χ2n) is 27.3. The summed E-state index contributed by atoms with van der Waals surface area (Å²) in [5, 5.41) is 0. The van der Waals surface area contributed by atoms with Crippen LogP contribution in [0.1, 0.15) is 153 Å². The summed E-state index contributed by atoms with van der Waals surface area (Å²) >= 11 is 0. The van der Waals surface area contributed by atoms with Crippen molar-refractivity contribution in [3.63, 3.8) is 0 Å². The van der Waals surface area contributed by atoms with Crippen LogP contribution in [0.2, 0.25) is 0 Å². The van der Waals surface area contributed by atoms with Gasteiger partial charge in [0.1, 0.15) is 0 Å². The van der Waals surface area contributed by atoms with Crippen LogP contribution >= 0.6 is 0 Å². The molecule has 1 fully saturated rings. The lowest BCUT2D eigenvalue weighted by molar-refractivity contribution is 0.195. The summed E-state index contributed by atoms with van der Waals surface area (Å²) in [6.45, 7) is 32.2. The van der Waals surface area contributed by atoms with Gasteiger partial charge in [-0.3, -0.25) is 0 Å². The van der Waals surface area contributed by atoms with Crippen LogP contribution in [0.5, 0.6) is 0 Å². The molecule has 2 atom stereocenters. The van der Waals surface area contributed by atoms with Gasteiger partial charge in [0, 0.05) is 45.1 Å². The Hall–Kier alpha value is -6.78. The van der Waals surface area contributed by atoms with Crippen molar-refractivity contribution >= 4 is 68.6 Å². The summed E-state index contributed by atoms with van der Waals surface area (Å²) in [4.78, 5) is 7.40. The maximum Gasteiger partial charge on any atom is 0.252 e. The average Bonchev–Trinajstić information content (AvgIpc) is 2.30. The predicted octanol–water partition coefficient (Wildman–Crippen LogP) is 18.0. The zero-order chi connectivity index (χ0) is 55.2. The maximum atomic E-state index is 11.4. The van der Waals surface area contributed by atoms with Crippen molar-refractivity contribution < 1.29 is 2.74 Å². The van der Waals surface area contributed by atoms with Crippen LogP contribution in [0.4, 0.5) is 45.5 Å². The van der Waals surface area contributed by atoms with Crippen molar-refractivity contribution in [1.29, 1.82) is 0 Å². The third-order valence-electron chi connectivity index (χ3n) is 18.2. The molecule has 0 N–H and O–H groups in total. The van der Waals surface area contributed by atoms with Gasteiger partial charge >= 0.3 is 0 Å². The molecule has 0 aromatic heterocycles. The molecule has 0 amide bonds. The highest BCUT2D eigenvalue weighted by molar-refractivity contribution is 7.00. The van der Waals surface area contributed by atoms with Gasteiger partial charge in [0.2, 0.25) is 0 Å². The van der Waals surface area contributed by atoms with Crippen molar-refractivity contribution in [2.45, 2.75) is 155 Å². The molecule has 8 aromatic carbocycles. The van der Waals surface area contributed by atoms with E-state index >= 15 is 0 Å². The standard InChI is InChI=1S/C72H78BN3/c1-67(2,3)50-27-33-54(34-28-50)74(55-35-29-51(30-36-55)68(4,5)6)56-45-63-65-64(46-56)76-66-58(71(13)39-21-22-40-72(71,76)14)41-49(47-23-17-15-18-24-47)42-60(66)73(65)59-44-53(70(10,11)12)32-38-62(59)75(63)61-37-31-52(69(7,8)9)43-57(61)48-25-19-16-20-26-48/h15-20,23-38,41-46H,21-22,39-40H2,1-14H3/i45D,46D. The molecule has 76 heavy (non-hydrogen) atoms. The van der Waals surface area contributed by atoms with Crippen LogP contribution in [0.15, 0.2) is 170 Å². The van der Waals surface area contributed by atoms with Gasteiger partial charge in [0.15, 0.2) is 0 Å². The van der Waals surface area contributed by atoms with Crippen molar-refractivity contribution in [3.05, 3.63) is 198 Å². The zero-order valence-corrected chi connectivity index (χ0v) is 47.8. The van der Waals surface area contributed by atoms with Gasteiger partial charge in [0.05, 0.1) is 19.7 Å². The number of anilines is 8. The summed E-state index contributed by atoms with van der Waals surface area (Å²) in [6, 6.07) is 59.7. The Morgan fingerprint density at radius 3 is 1.53 bits per heavy atom. The predicted molar refractivity (Wildman–Crippen MR) is 329 cm³/mol. The van der Waals surface area contributed by atoms with Gasteiger partial charge in [-0.15, -0.1) is 0 Å². The maximum absolute atomic E-state index is 11.4. The number of fused-ring (bicyclic) bond motifs is 7. The summed E-state index contributed by atoms with van der Waals surface area (Å²) in [7, 11) is 0. The first kappa shape index (κ1) is 47.7. The molecule has 4 heteroatoms. The minimum Gasteiger partial charge on any atom is -0.335 e. The molecule has 0 saturated heterocycles. The number of hydrogen-bond donors (Lipinski definition) is 0. The molecule has 4 aliphatic rings. The Labute approximate surface area is 458 Å². The molecule has 384 valence electrons. The first-order chi connectivity index (χ1) is 36.8. The van der Waals surface area contributed by atoms with E-state index in [-0.39, 0.29) is 39.3 Å². The van der Waals surface area contributed by atoms with E-state index in [2.05, 4.69) is 269 Å². The monoisotopic (exact) mass is 998 g/mol. The van der Waals surface area contributed by atoms with Crippen LogP contribution in [0.25, 0.3) is 22.3 Å². The van der Waals surface area contributed by atoms with Gasteiger partial charge in [-0.05, 0) is 163 Å². The van der Waals surface area contributed by atoms with E-state index in [9.17, 15) is 2.74 Å². The summed E-state index contributed by atoms with van der Waals surface area (Å²) in [5.74, 6) is 0. The highest BCUT2D eigenvalue weighted by atomic mass is 15.3. The SMILES string of the molecule is [2H]c1c(N(c2ccc(C(C)(C)C)cc2)c2ccc(C(C)(C)C)cc2)c([2H])c2c3c1N(c1ccc(C(C)(C)C)cc1-c1ccccc1)c1ccc(C(C)(C)C)cc1B3c1cc(-c3ccccc3)cc3c1N2C1(C)CCCCC31C. The quantitative estimate of drug-likeness (QED) is 0.154. The lowest BCUT2D eigenvalue weighted by Gasteiger charge is -2.53. The summed E-state index contributed by atoms with van der Waals surface area (Å²) < 4.78 is 22.7. The molecular formula is C72H78BN3. The van der Waals surface area contributed by atoms with Crippen LogP contribution in [-0.4, -0.2) is 12.3 Å². The third-order valence-corrected chi connectivity index (χ3v) is 18.2. The molecule has 0 spiro atoms.